The second-order valence-corrected chi connectivity index (χ2v) is 8.62. The first-order chi connectivity index (χ1) is 16.0. The summed E-state index contributed by atoms with van der Waals surface area (Å²) in [5.74, 6) is 0.313. The molecule has 0 atom stereocenters. The number of nitrogens with zero attached hydrogens (tertiary/aromatic N) is 3. The molecule has 8 nitrogen and oxygen atoms in total. The van der Waals surface area contributed by atoms with E-state index in [2.05, 4.69) is 20.6 Å². The fourth-order valence-corrected chi connectivity index (χ4v) is 4.78. The van der Waals surface area contributed by atoms with Gasteiger partial charge in [-0.15, -0.1) is 11.3 Å². The lowest BCUT2D eigenvalue weighted by Crippen LogP contribution is -2.46. The third-order valence-electron chi connectivity index (χ3n) is 5.56. The van der Waals surface area contributed by atoms with E-state index >= 15 is 0 Å². The fourth-order valence-electron chi connectivity index (χ4n) is 3.87. The molecule has 0 unspecified atom stereocenters. The molecule has 1 fully saturated rings. The zero-order valence-corrected chi connectivity index (χ0v) is 19.2. The Morgan fingerprint density at radius 3 is 2.70 bits per heavy atom. The number of fused-ring (bicyclic) bond motifs is 1. The van der Waals surface area contributed by atoms with Gasteiger partial charge in [-0.05, 0) is 37.5 Å². The van der Waals surface area contributed by atoms with E-state index in [1.54, 1.807) is 24.0 Å². The number of carbonyl (C=O) groups excluding carboxylic acids is 2. The number of carbonyl (C=O) groups is 2. The summed E-state index contributed by atoms with van der Waals surface area (Å²) in [6.07, 6.45) is 2.91. The molecule has 1 aromatic carbocycles. The number of ether oxygens (including phenoxy) is 1. The molecule has 4 rings (SSSR count). The van der Waals surface area contributed by atoms with E-state index in [0.717, 1.165) is 21.3 Å². The van der Waals surface area contributed by atoms with Crippen LogP contribution in [0.4, 0.5) is 15.0 Å². The number of benzene rings is 1. The zero-order chi connectivity index (χ0) is 23.2. The second kappa shape index (κ2) is 10.6. The van der Waals surface area contributed by atoms with Crippen molar-refractivity contribution in [1.82, 2.24) is 20.2 Å². The van der Waals surface area contributed by atoms with Crippen LogP contribution in [0.2, 0.25) is 0 Å². The van der Waals surface area contributed by atoms with E-state index in [0.29, 0.717) is 51.3 Å². The number of amides is 2. The molecule has 0 aliphatic carbocycles. The Balaban J connectivity index is 1.31. The minimum Gasteiger partial charge on any atom is -0.450 e. The molecule has 0 saturated carbocycles. The SMILES string of the molecule is CCOC(=O)N1CCC(NC(=O)CCNc2ncnc3scc(-c4ccc(F)cc4)c23)CC1. The van der Waals surface area contributed by atoms with Gasteiger partial charge in [-0.2, -0.15) is 0 Å². The Hall–Kier alpha value is -3.27. The van der Waals surface area contributed by atoms with Gasteiger partial charge in [-0.3, -0.25) is 4.79 Å². The molecule has 0 radical (unpaired) electrons. The topological polar surface area (TPSA) is 96.5 Å². The molecule has 1 aliphatic rings. The monoisotopic (exact) mass is 471 g/mol. The van der Waals surface area contributed by atoms with Crippen LogP contribution >= 0.6 is 11.3 Å². The van der Waals surface area contributed by atoms with Gasteiger partial charge in [0.25, 0.3) is 0 Å². The maximum absolute atomic E-state index is 13.3. The highest BCUT2D eigenvalue weighted by Crippen LogP contribution is 2.36. The van der Waals surface area contributed by atoms with E-state index < -0.39 is 0 Å². The number of thiophene rings is 1. The molecule has 10 heteroatoms. The van der Waals surface area contributed by atoms with Gasteiger partial charge in [0.05, 0.1) is 12.0 Å². The summed E-state index contributed by atoms with van der Waals surface area (Å²) in [6.45, 7) is 3.71. The van der Waals surface area contributed by atoms with Crippen LogP contribution in [-0.4, -0.2) is 59.2 Å². The molecule has 2 amide bonds. The molecule has 33 heavy (non-hydrogen) atoms. The van der Waals surface area contributed by atoms with Crippen molar-refractivity contribution in [3.63, 3.8) is 0 Å². The van der Waals surface area contributed by atoms with Crippen molar-refractivity contribution >= 4 is 39.4 Å². The van der Waals surface area contributed by atoms with Crippen LogP contribution in [-0.2, 0) is 9.53 Å². The largest absolute Gasteiger partial charge is 0.450 e. The first-order valence-corrected chi connectivity index (χ1v) is 11.9. The first kappa shape index (κ1) is 22.9. The third kappa shape index (κ3) is 5.57. The van der Waals surface area contributed by atoms with E-state index in [1.807, 2.05) is 5.38 Å². The number of likely N-dealkylation sites (tertiary alicyclic amines) is 1. The van der Waals surface area contributed by atoms with Crippen molar-refractivity contribution in [1.29, 1.82) is 0 Å². The van der Waals surface area contributed by atoms with Gasteiger partial charge in [0.1, 0.15) is 22.8 Å². The summed E-state index contributed by atoms with van der Waals surface area (Å²) in [7, 11) is 0. The molecule has 0 spiro atoms. The lowest BCUT2D eigenvalue weighted by atomic mass is 10.1. The molecular formula is C23H26FN5O3S. The van der Waals surface area contributed by atoms with Crippen LogP contribution in [0.15, 0.2) is 36.0 Å². The summed E-state index contributed by atoms with van der Waals surface area (Å²) in [5, 5.41) is 9.14. The van der Waals surface area contributed by atoms with Crippen LogP contribution < -0.4 is 10.6 Å². The molecule has 174 valence electrons. The van der Waals surface area contributed by atoms with E-state index in [9.17, 15) is 14.0 Å². The number of piperidine rings is 1. The summed E-state index contributed by atoms with van der Waals surface area (Å²) in [5.41, 5.74) is 1.81. The van der Waals surface area contributed by atoms with Crippen molar-refractivity contribution in [2.45, 2.75) is 32.2 Å². The normalized spacial score (nSPS) is 14.3. The number of rotatable bonds is 7. The van der Waals surface area contributed by atoms with Gasteiger partial charge < -0.3 is 20.3 Å². The molecular weight excluding hydrogens is 445 g/mol. The number of anilines is 1. The highest BCUT2D eigenvalue weighted by atomic mass is 32.1. The Bertz CT molecular complexity index is 1110. The van der Waals surface area contributed by atoms with E-state index in [1.165, 1.54) is 29.8 Å². The molecule has 0 bridgehead atoms. The summed E-state index contributed by atoms with van der Waals surface area (Å²) in [4.78, 5) is 35.4. The predicted molar refractivity (Wildman–Crippen MR) is 126 cm³/mol. The first-order valence-electron chi connectivity index (χ1n) is 11.0. The summed E-state index contributed by atoms with van der Waals surface area (Å²) in [6, 6.07) is 6.37. The average molecular weight is 472 g/mol. The zero-order valence-electron chi connectivity index (χ0n) is 18.3. The van der Waals surface area contributed by atoms with E-state index in [4.69, 9.17) is 4.74 Å². The average Bonchev–Trinajstić information content (AvgIpc) is 3.25. The van der Waals surface area contributed by atoms with Crippen LogP contribution in [0.5, 0.6) is 0 Å². The summed E-state index contributed by atoms with van der Waals surface area (Å²) >= 11 is 1.49. The van der Waals surface area contributed by atoms with Gasteiger partial charge in [0.15, 0.2) is 0 Å². The Kier molecular flexibility index (Phi) is 7.33. The van der Waals surface area contributed by atoms with Crippen molar-refractivity contribution in [3.8, 4) is 11.1 Å². The Morgan fingerprint density at radius 2 is 1.97 bits per heavy atom. The molecule has 3 aromatic rings. The minimum atomic E-state index is -0.295. The molecule has 1 saturated heterocycles. The third-order valence-corrected chi connectivity index (χ3v) is 6.44. The maximum atomic E-state index is 13.3. The maximum Gasteiger partial charge on any atom is 0.409 e. The number of nitrogens with one attached hydrogen (secondary N) is 2. The summed E-state index contributed by atoms with van der Waals surface area (Å²) < 4.78 is 18.3. The van der Waals surface area contributed by atoms with E-state index in [-0.39, 0.29) is 23.9 Å². The lowest BCUT2D eigenvalue weighted by Gasteiger charge is -2.31. The highest BCUT2D eigenvalue weighted by Gasteiger charge is 2.24. The van der Waals surface area contributed by atoms with Gasteiger partial charge >= 0.3 is 6.09 Å². The van der Waals surface area contributed by atoms with Gasteiger partial charge in [0.2, 0.25) is 5.91 Å². The number of aromatic nitrogens is 2. The number of hydrogen-bond donors (Lipinski definition) is 2. The van der Waals surface area contributed by atoms with Crippen molar-refractivity contribution in [2.75, 3.05) is 31.6 Å². The molecule has 1 aliphatic heterocycles. The highest BCUT2D eigenvalue weighted by molar-refractivity contribution is 7.17. The van der Waals surface area contributed by atoms with Gasteiger partial charge in [-0.1, -0.05) is 12.1 Å². The van der Waals surface area contributed by atoms with Crippen LogP contribution in [0.25, 0.3) is 21.3 Å². The van der Waals surface area contributed by atoms with Crippen LogP contribution in [0, 0.1) is 5.82 Å². The Morgan fingerprint density at radius 1 is 1.21 bits per heavy atom. The minimum absolute atomic E-state index is 0.0496. The molecule has 2 N–H and O–H groups in total. The fraction of sp³-hybridized carbons (Fsp3) is 0.391. The van der Waals surface area contributed by atoms with Crippen molar-refractivity contribution in [3.05, 3.63) is 41.8 Å². The van der Waals surface area contributed by atoms with Crippen LogP contribution in [0.3, 0.4) is 0 Å². The Labute approximate surface area is 195 Å². The molecule has 3 heterocycles. The smallest absolute Gasteiger partial charge is 0.409 e. The van der Waals surface area contributed by atoms with Gasteiger partial charge in [0, 0.05) is 43.0 Å². The number of halogens is 1. The second-order valence-electron chi connectivity index (χ2n) is 7.76. The quantitative estimate of drug-likeness (QED) is 0.540. The van der Waals surface area contributed by atoms with Gasteiger partial charge in [-0.25, -0.2) is 19.2 Å². The number of hydrogen-bond acceptors (Lipinski definition) is 7. The molecule has 2 aromatic heterocycles. The van der Waals surface area contributed by atoms with Crippen molar-refractivity contribution in [2.24, 2.45) is 0 Å². The predicted octanol–water partition coefficient (Wildman–Crippen LogP) is 4.04. The standard InChI is InChI=1S/C23H26FN5O3S/c1-2-32-23(31)29-11-8-17(9-12-29)28-19(30)7-10-25-21-20-18(13-33-22(20)27-14-26-21)15-3-5-16(24)6-4-15/h3-6,13-14,17H,2,7-12H2,1H3,(H,28,30)(H,25,26,27). The lowest BCUT2D eigenvalue weighted by molar-refractivity contribution is -0.121. The van der Waals surface area contributed by atoms with Crippen LogP contribution in [0.1, 0.15) is 26.2 Å². The van der Waals surface area contributed by atoms with Crippen molar-refractivity contribution < 1.29 is 18.7 Å².